The first kappa shape index (κ1) is 17.5. The van der Waals surface area contributed by atoms with Gasteiger partial charge in [0.25, 0.3) is 0 Å². The quantitative estimate of drug-likeness (QED) is 0.658. The lowest BCUT2D eigenvalue weighted by Crippen LogP contribution is -2.33. The minimum absolute atomic E-state index is 0.153. The number of likely N-dealkylation sites (tertiary alicyclic amines) is 1. The zero-order valence-corrected chi connectivity index (χ0v) is 16.5. The number of hydrogen-bond donors (Lipinski definition) is 0. The van der Waals surface area contributed by atoms with Crippen LogP contribution in [0.15, 0.2) is 53.3 Å². The second-order valence-electron chi connectivity index (χ2n) is 9.10. The average Bonchev–Trinajstić information content (AvgIpc) is 3.44. The van der Waals surface area contributed by atoms with Gasteiger partial charge in [0.1, 0.15) is 5.82 Å². The van der Waals surface area contributed by atoms with Crippen LogP contribution in [-0.2, 0) is 6.54 Å². The van der Waals surface area contributed by atoms with Crippen LogP contribution in [0.5, 0.6) is 0 Å². The van der Waals surface area contributed by atoms with E-state index < -0.39 is 0 Å². The molecule has 3 aromatic rings. The van der Waals surface area contributed by atoms with Crippen LogP contribution in [0.2, 0.25) is 0 Å². The van der Waals surface area contributed by atoms with Gasteiger partial charge in [-0.2, -0.15) is 0 Å². The Morgan fingerprint density at radius 3 is 2.45 bits per heavy atom. The van der Waals surface area contributed by atoms with Crippen molar-refractivity contribution in [1.29, 1.82) is 0 Å². The van der Waals surface area contributed by atoms with Crippen molar-refractivity contribution in [2.24, 2.45) is 11.8 Å². The standard InChI is InChI=1S/C24H26FN3O/c25-18-7-5-16(6-8-18)20-13-17-14-26(15-21(17)20)11-12-27-22-3-1-2-4-23(22)28(24(27)29)19-9-10-19/h1-8,17,19-21H,9-15H2. The molecule has 1 saturated heterocycles. The van der Waals surface area contributed by atoms with Gasteiger partial charge >= 0.3 is 5.69 Å². The average molecular weight is 391 g/mol. The maximum atomic E-state index is 13.2. The molecule has 3 fully saturated rings. The number of para-hydroxylation sites is 2. The topological polar surface area (TPSA) is 30.2 Å². The molecule has 1 aromatic heterocycles. The molecule has 3 aliphatic rings. The number of imidazole rings is 1. The second-order valence-corrected chi connectivity index (χ2v) is 9.10. The zero-order valence-electron chi connectivity index (χ0n) is 16.5. The van der Waals surface area contributed by atoms with Gasteiger partial charge in [0.2, 0.25) is 0 Å². The van der Waals surface area contributed by atoms with Crippen molar-refractivity contribution in [3.63, 3.8) is 0 Å². The van der Waals surface area contributed by atoms with E-state index in [2.05, 4.69) is 17.0 Å². The minimum atomic E-state index is -0.159. The van der Waals surface area contributed by atoms with Crippen molar-refractivity contribution in [1.82, 2.24) is 14.0 Å². The number of nitrogens with zero attached hydrogens (tertiary/aromatic N) is 3. The number of hydrogen-bond acceptors (Lipinski definition) is 2. The van der Waals surface area contributed by atoms with Crippen LogP contribution in [0.4, 0.5) is 4.39 Å². The summed E-state index contributed by atoms with van der Waals surface area (Å²) in [4.78, 5) is 15.6. The molecule has 0 bridgehead atoms. The number of halogens is 1. The van der Waals surface area contributed by atoms with Crippen LogP contribution in [0.1, 0.15) is 36.8 Å². The monoisotopic (exact) mass is 391 g/mol. The summed E-state index contributed by atoms with van der Waals surface area (Å²) >= 11 is 0. The Labute approximate surface area is 169 Å². The molecule has 2 aromatic carbocycles. The van der Waals surface area contributed by atoms with Crippen LogP contribution < -0.4 is 5.69 Å². The summed E-state index contributed by atoms with van der Waals surface area (Å²) in [6.07, 6.45) is 3.44. The summed E-state index contributed by atoms with van der Waals surface area (Å²) in [6.45, 7) is 3.88. The van der Waals surface area contributed by atoms with Gasteiger partial charge in [0.05, 0.1) is 11.0 Å². The number of rotatable bonds is 5. The Bertz CT molecular complexity index is 1110. The Morgan fingerprint density at radius 2 is 1.69 bits per heavy atom. The fourth-order valence-electron chi connectivity index (χ4n) is 5.65. The summed E-state index contributed by atoms with van der Waals surface area (Å²) in [5.74, 6) is 1.82. The Hall–Kier alpha value is -2.40. The summed E-state index contributed by atoms with van der Waals surface area (Å²) < 4.78 is 17.2. The second kappa shape index (κ2) is 6.56. The van der Waals surface area contributed by atoms with Gasteiger partial charge in [0.15, 0.2) is 0 Å². The number of fused-ring (bicyclic) bond motifs is 2. The summed E-state index contributed by atoms with van der Waals surface area (Å²) in [5.41, 5.74) is 3.58. The van der Waals surface area contributed by atoms with Gasteiger partial charge in [-0.25, -0.2) is 9.18 Å². The van der Waals surface area contributed by atoms with Gasteiger partial charge < -0.3 is 4.90 Å². The van der Waals surface area contributed by atoms with Crippen molar-refractivity contribution < 1.29 is 4.39 Å². The van der Waals surface area contributed by atoms with Gasteiger partial charge in [-0.1, -0.05) is 24.3 Å². The van der Waals surface area contributed by atoms with Crippen LogP contribution in [0.25, 0.3) is 11.0 Å². The first-order valence-electron chi connectivity index (χ1n) is 10.9. The maximum Gasteiger partial charge on any atom is 0.329 e. The van der Waals surface area contributed by atoms with E-state index in [1.165, 1.54) is 12.0 Å². The van der Waals surface area contributed by atoms with E-state index in [0.29, 0.717) is 17.9 Å². The third-order valence-electron chi connectivity index (χ3n) is 7.36. The molecule has 150 valence electrons. The summed E-state index contributed by atoms with van der Waals surface area (Å²) in [5, 5.41) is 0. The van der Waals surface area contributed by atoms with Crippen LogP contribution in [0, 0.1) is 17.7 Å². The third kappa shape index (κ3) is 2.86. The Balaban J connectivity index is 1.17. The van der Waals surface area contributed by atoms with Crippen LogP contribution in [-0.4, -0.2) is 33.7 Å². The molecule has 2 aliphatic carbocycles. The van der Waals surface area contributed by atoms with Crippen molar-refractivity contribution in [2.75, 3.05) is 19.6 Å². The molecule has 29 heavy (non-hydrogen) atoms. The van der Waals surface area contributed by atoms with Crippen LogP contribution >= 0.6 is 0 Å². The highest BCUT2D eigenvalue weighted by molar-refractivity contribution is 5.76. The molecule has 0 N–H and O–H groups in total. The molecule has 2 saturated carbocycles. The molecule has 2 heterocycles. The summed E-state index contributed by atoms with van der Waals surface area (Å²) in [7, 11) is 0. The van der Waals surface area contributed by atoms with Gasteiger partial charge in [-0.05, 0) is 66.8 Å². The van der Waals surface area contributed by atoms with Crippen molar-refractivity contribution in [3.8, 4) is 0 Å². The van der Waals surface area contributed by atoms with Crippen molar-refractivity contribution in [2.45, 2.75) is 37.8 Å². The molecule has 0 spiro atoms. The third-order valence-corrected chi connectivity index (χ3v) is 7.36. The maximum absolute atomic E-state index is 13.2. The van der Waals surface area contributed by atoms with E-state index in [1.807, 2.05) is 33.4 Å². The SMILES string of the molecule is O=c1n(CCN2CC3CC(c4ccc(F)cc4)C3C2)c2ccccc2n1C1CC1. The molecule has 0 amide bonds. The Morgan fingerprint density at radius 1 is 0.931 bits per heavy atom. The lowest BCUT2D eigenvalue weighted by atomic mass is 9.64. The molecule has 1 aliphatic heterocycles. The van der Waals surface area contributed by atoms with E-state index in [1.54, 1.807) is 12.1 Å². The molecule has 6 rings (SSSR count). The highest BCUT2D eigenvalue weighted by Crippen LogP contribution is 2.51. The smallest absolute Gasteiger partial charge is 0.301 e. The fourth-order valence-corrected chi connectivity index (χ4v) is 5.65. The highest BCUT2D eigenvalue weighted by Gasteiger charge is 2.47. The van der Waals surface area contributed by atoms with E-state index >= 15 is 0 Å². The molecule has 5 heteroatoms. The fraction of sp³-hybridized carbons (Fsp3) is 0.458. The highest BCUT2D eigenvalue weighted by atomic mass is 19.1. The number of benzene rings is 2. The number of aromatic nitrogens is 2. The molecular weight excluding hydrogens is 365 g/mol. The Kier molecular flexibility index (Phi) is 3.95. The predicted molar refractivity (Wildman–Crippen MR) is 112 cm³/mol. The molecule has 3 unspecified atom stereocenters. The van der Waals surface area contributed by atoms with Crippen molar-refractivity contribution in [3.05, 3.63) is 70.4 Å². The van der Waals surface area contributed by atoms with Gasteiger partial charge in [0, 0.05) is 32.2 Å². The predicted octanol–water partition coefficient (Wildman–Crippen LogP) is 4.01. The van der Waals surface area contributed by atoms with E-state index in [0.717, 1.165) is 56.0 Å². The van der Waals surface area contributed by atoms with Crippen molar-refractivity contribution >= 4 is 11.0 Å². The van der Waals surface area contributed by atoms with Gasteiger partial charge in [-0.3, -0.25) is 9.13 Å². The minimum Gasteiger partial charge on any atom is -0.301 e. The van der Waals surface area contributed by atoms with Gasteiger partial charge in [-0.15, -0.1) is 0 Å². The van der Waals surface area contributed by atoms with E-state index in [-0.39, 0.29) is 11.5 Å². The lowest BCUT2D eigenvalue weighted by molar-refractivity contribution is 0.191. The molecule has 4 nitrogen and oxygen atoms in total. The molecule has 3 atom stereocenters. The lowest BCUT2D eigenvalue weighted by Gasteiger charge is -2.40. The van der Waals surface area contributed by atoms with E-state index in [4.69, 9.17) is 0 Å². The first-order valence-corrected chi connectivity index (χ1v) is 10.9. The largest absolute Gasteiger partial charge is 0.329 e. The molecule has 0 radical (unpaired) electrons. The van der Waals surface area contributed by atoms with Crippen LogP contribution in [0.3, 0.4) is 0 Å². The molecular formula is C24H26FN3O. The van der Waals surface area contributed by atoms with E-state index in [9.17, 15) is 9.18 Å². The summed E-state index contributed by atoms with van der Waals surface area (Å²) in [6, 6.07) is 15.7. The normalized spacial score (nSPS) is 26.6. The first-order chi connectivity index (χ1) is 14.2. The zero-order chi connectivity index (χ0) is 19.5.